The molecule has 2 N–H and O–H groups in total. The van der Waals surface area contributed by atoms with E-state index in [1.807, 2.05) is 0 Å². The number of imide groups is 1. The van der Waals surface area contributed by atoms with E-state index in [-0.39, 0.29) is 36.1 Å². The zero-order valence-corrected chi connectivity index (χ0v) is 16.6. The van der Waals surface area contributed by atoms with Crippen LogP contribution in [0.3, 0.4) is 0 Å². The minimum atomic E-state index is -3.82. The molecule has 3 amide bonds. The predicted molar refractivity (Wildman–Crippen MR) is 106 cm³/mol. The third-order valence-electron chi connectivity index (χ3n) is 4.74. The average Bonchev–Trinajstić information content (AvgIpc) is 2.99. The molecule has 0 radical (unpaired) electrons. The number of nitrogens with zero attached hydrogens (tertiary/aromatic N) is 2. The summed E-state index contributed by atoms with van der Waals surface area (Å²) in [6, 6.07) is 13.4. The van der Waals surface area contributed by atoms with Gasteiger partial charge < -0.3 is 4.90 Å². The number of carbonyl (C=O) groups is 3. The maximum Gasteiger partial charge on any atom is 0.257 e. The highest BCUT2D eigenvalue weighted by Crippen LogP contribution is 2.27. The van der Waals surface area contributed by atoms with Gasteiger partial charge in [-0.25, -0.2) is 18.5 Å². The van der Waals surface area contributed by atoms with Crippen molar-refractivity contribution in [1.29, 1.82) is 0 Å². The number of carbonyl (C=O) groups excluding carboxylic acids is 3. The van der Waals surface area contributed by atoms with Crippen molar-refractivity contribution in [2.24, 2.45) is 5.14 Å². The van der Waals surface area contributed by atoms with Gasteiger partial charge in [0.1, 0.15) is 6.04 Å². The Balaban J connectivity index is 1.87. The van der Waals surface area contributed by atoms with Crippen molar-refractivity contribution in [1.82, 2.24) is 4.90 Å². The van der Waals surface area contributed by atoms with Crippen LogP contribution in [0.15, 0.2) is 59.5 Å². The zero-order valence-electron chi connectivity index (χ0n) is 15.8. The second-order valence-electron chi connectivity index (χ2n) is 6.69. The largest absolute Gasteiger partial charge is 0.326 e. The lowest BCUT2D eigenvalue weighted by molar-refractivity contribution is -0.138. The number of rotatable bonds is 6. The molecule has 0 bridgehead atoms. The summed E-state index contributed by atoms with van der Waals surface area (Å²) in [5.74, 6) is -1.10. The molecule has 1 fully saturated rings. The van der Waals surface area contributed by atoms with Gasteiger partial charge in [-0.05, 0) is 29.8 Å². The average molecular weight is 415 g/mol. The van der Waals surface area contributed by atoms with Gasteiger partial charge in [-0.1, -0.05) is 37.3 Å². The van der Waals surface area contributed by atoms with E-state index in [2.05, 4.69) is 0 Å². The summed E-state index contributed by atoms with van der Waals surface area (Å²) >= 11 is 0. The van der Waals surface area contributed by atoms with Crippen molar-refractivity contribution in [3.05, 3.63) is 60.2 Å². The van der Waals surface area contributed by atoms with Crippen LogP contribution in [0.1, 0.15) is 25.3 Å². The van der Waals surface area contributed by atoms with Gasteiger partial charge in [0.15, 0.2) is 0 Å². The topological polar surface area (TPSA) is 118 Å². The van der Waals surface area contributed by atoms with E-state index in [9.17, 15) is 22.8 Å². The molecule has 2 aromatic carbocycles. The molecule has 152 valence electrons. The van der Waals surface area contributed by atoms with Crippen LogP contribution in [0.2, 0.25) is 0 Å². The highest BCUT2D eigenvalue weighted by molar-refractivity contribution is 7.89. The first-order chi connectivity index (χ1) is 13.7. The molecule has 3 rings (SSSR count). The Bertz CT molecular complexity index is 1040. The monoisotopic (exact) mass is 415 g/mol. The van der Waals surface area contributed by atoms with Crippen LogP contribution in [0.5, 0.6) is 0 Å². The lowest BCUT2D eigenvalue weighted by Gasteiger charge is -2.27. The Labute approximate surface area is 169 Å². The smallest absolute Gasteiger partial charge is 0.257 e. The molecule has 8 nitrogen and oxygen atoms in total. The lowest BCUT2D eigenvalue weighted by Crippen LogP contribution is -2.44. The summed E-state index contributed by atoms with van der Waals surface area (Å²) in [5, 5.41) is 5.10. The fraction of sp³-hybridized carbons (Fsp3) is 0.250. The van der Waals surface area contributed by atoms with Crippen LogP contribution in [0.4, 0.5) is 5.69 Å². The van der Waals surface area contributed by atoms with Crippen molar-refractivity contribution >= 4 is 33.4 Å². The number of sulfonamides is 1. The fourth-order valence-electron chi connectivity index (χ4n) is 3.26. The molecule has 1 aliphatic heterocycles. The zero-order chi connectivity index (χ0) is 21.2. The van der Waals surface area contributed by atoms with E-state index >= 15 is 0 Å². The minimum Gasteiger partial charge on any atom is -0.326 e. The van der Waals surface area contributed by atoms with Crippen LogP contribution in [0, 0.1) is 0 Å². The fourth-order valence-corrected chi connectivity index (χ4v) is 3.78. The summed E-state index contributed by atoms with van der Waals surface area (Å²) < 4.78 is 22.8. The van der Waals surface area contributed by atoms with Gasteiger partial charge in [-0.15, -0.1) is 0 Å². The summed E-state index contributed by atoms with van der Waals surface area (Å²) in [7, 11) is -3.82. The lowest BCUT2D eigenvalue weighted by atomic mass is 10.1. The molecular weight excluding hydrogens is 394 g/mol. The highest BCUT2D eigenvalue weighted by Gasteiger charge is 2.44. The SMILES string of the molecule is CCC(=O)N(Cc1ccc(S(N)(=O)=O)cc1)[C@@H]1CC(=O)N(c2ccccc2)C1=O. The molecule has 1 aliphatic rings. The van der Waals surface area contributed by atoms with Gasteiger partial charge in [-0.2, -0.15) is 0 Å². The van der Waals surface area contributed by atoms with Crippen molar-refractivity contribution in [2.45, 2.75) is 37.2 Å². The summed E-state index contributed by atoms with van der Waals surface area (Å²) in [6.07, 6.45) is 0.0628. The first-order valence-electron chi connectivity index (χ1n) is 9.05. The number of para-hydroxylation sites is 1. The molecular formula is C20H21N3O5S. The summed E-state index contributed by atoms with van der Waals surface area (Å²) in [6.45, 7) is 1.75. The first-order valence-corrected chi connectivity index (χ1v) is 10.6. The maximum absolute atomic E-state index is 13.0. The number of primary sulfonamides is 1. The van der Waals surface area contributed by atoms with Crippen LogP contribution in [0.25, 0.3) is 0 Å². The van der Waals surface area contributed by atoms with Crippen molar-refractivity contribution < 1.29 is 22.8 Å². The normalized spacial score (nSPS) is 16.9. The molecule has 9 heteroatoms. The Morgan fingerprint density at radius 3 is 2.28 bits per heavy atom. The van der Waals surface area contributed by atoms with Crippen molar-refractivity contribution in [3.8, 4) is 0 Å². The number of hydrogen-bond donors (Lipinski definition) is 1. The van der Waals surface area contributed by atoms with Crippen LogP contribution >= 0.6 is 0 Å². The number of hydrogen-bond acceptors (Lipinski definition) is 5. The van der Waals surface area contributed by atoms with E-state index in [0.717, 1.165) is 4.90 Å². The Kier molecular flexibility index (Phi) is 5.81. The van der Waals surface area contributed by atoms with Crippen molar-refractivity contribution in [3.63, 3.8) is 0 Å². The second-order valence-corrected chi connectivity index (χ2v) is 8.25. The third-order valence-corrected chi connectivity index (χ3v) is 5.67. The summed E-state index contributed by atoms with van der Waals surface area (Å²) in [4.78, 5) is 40.5. The van der Waals surface area contributed by atoms with Gasteiger partial charge in [0.05, 0.1) is 17.0 Å². The Morgan fingerprint density at radius 2 is 1.72 bits per heavy atom. The number of benzene rings is 2. The van der Waals surface area contributed by atoms with Crippen molar-refractivity contribution in [2.75, 3.05) is 4.90 Å². The van der Waals surface area contributed by atoms with Gasteiger partial charge in [0.25, 0.3) is 5.91 Å². The van der Waals surface area contributed by atoms with E-state index in [1.165, 1.54) is 29.2 Å². The molecule has 1 saturated heterocycles. The number of nitrogens with two attached hydrogens (primary N) is 1. The standard InChI is InChI=1S/C20H21N3O5S/c1-2-18(24)22(13-14-8-10-16(11-9-14)29(21,27)28)17-12-19(25)23(20(17)26)15-6-4-3-5-7-15/h3-11,17H,2,12-13H2,1H3,(H2,21,27,28)/t17-/m1/s1. The van der Waals surface area contributed by atoms with Crippen LogP contribution in [-0.4, -0.2) is 37.1 Å². The predicted octanol–water partition coefficient (Wildman–Crippen LogP) is 1.40. The molecule has 1 atom stereocenters. The molecule has 0 aliphatic carbocycles. The molecule has 0 unspecified atom stereocenters. The Morgan fingerprint density at radius 1 is 1.10 bits per heavy atom. The maximum atomic E-state index is 13.0. The molecule has 0 spiro atoms. The first kappa shape index (κ1) is 20.7. The molecule has 1 heterocycles. The van der Waals surface area contributed by atoms with Gasteiger partial charge in [0.2, 0.25) is 21.8 Å². The second kappa shape index (κ2) is 8.14. The number of anilines is 1. The van der Waals surface area contributed by atoms with Gasteiger partial charge in [0, 0.05) is 13.0 Å². The van der Waals surface area contributed by atoms with E-state index in [0.29, 0.717) is 11.3 Å². The van der Waals surface area contributed by atoms with Gasteiger partial charge in [-0.3, -0.25) is 14.4 Å². The van der Waals surface area contributed by atoms with Gasteiger partial charge >= 0.3 is 0 Å². The molecule has 0 saturated carbocycles. The van der Waals surface area contributed by atoms with E-state index in [1.54, 1.807) is 37.3 Å². The summed E-state index contributed by atoms with van der Waals surface area (Å²) in [5.41, 5.74) is 1.09. The molecule has 0 aromatic heterocycles. The van der Waals surface area contributed by atoms with Crippen LogP contribution in [-0.2, 0) is 31.0 Å². The van der Waals surface area contributed by atoms with E-state index in [4.69, 9.17) is 5.14 Å². The van der Waals surface area contributed by atoms with Crippen LogP contribution < -0.4 is 10.0 Å². The molecule has 2 aromatic rings. The van der Waals surface area contributed by atoms with E-state index < -0.39 is 22.0 Å². The third kappa shape index (κ3) is 4.36. The Hall–Kier alpha value is -3.04. The highest BCUT2D eigenvalue weighted by atomic mass is 32.2. The number of amides is 3. The molecule has 29 heavy (non-hydrogen) atoms. The quantitative estimate of drug-likeness (QED) is 0.716. The minimum absolute atomic E-state index is 0.0445.